The molecule has 0 aliphatic carbocycles. The van der Waals surface area contributed by atoms with Crippen molar-refractivity contribution >= 4 is 91.4 Å². The summed E-state index contributed by atoms with van der Waals surface area (Å²) in [5.74, 6) is 0. The number of halogens is 6. The van der Waals surface area contributed by atoms with E-state index in [0.29, 0.717) is 11.0 Å². The number of nitrogens with zero attached hydrogens (tertiary/aromatic N) is 2. The molecule has 0 radical (unpaired) electrons. The van der Waals surface area contributed by atoms with Crippen LogP contribution in [0.1, 0.15) is 11.4 Å². The Morgan fingerprint density at radius 3 is 1.15 bits per heavy atom. The molecule has 0 atom stereocenters. The number of hydrogen-bond donors (Lipinski definition) is 0. The van der Waals surface area contributed by atoms with E-state index in [1.165, 1.54) is 0 Å². The summed E-state index contributed by atoms with van der Waals surface area (Å²) in [6.45, 7) is 0. The van der Waals surface area contributed by atoms with Crippen molar-refractivity contribution in [3.63, 3.8) is 0 Å². The van der Waals surface area contributed by atoms with Gasteiger partial charge in [-0.3, -0.25) is 0 Å². The molecule has 5 rings (SSSR count). The van der Waals surface area contributed by atoms with Crippen LogP contribution in [0.5, 0.6) is 0 Å². The highest BCUT2D eigenvalue weighted by Crippen LogP contribution is 2.44. The number of aromatic nitrogens is 2. The van der Waals surface area contributed by atoms with Gasteiger partial charge in [-0.1, -0.05) is 142 Å². The Morgan fingerprint density at radius 2 is 0.824 bits per heavy atom. The van der Waals surface area contributed by atoms with Gasteiger partial charge >= 0.3 is 0 Å². The third kappa shape index (κ3) is 4.56. The van der Waals surface area contributed by atoms with Gasteiger partial charge in [0.15, 0.2) is 0 Å². The van der Waals surface area contributed by atoms with Gasteiger partial charge in [-0.05, 0) is 34.4 Å². The zero-order valence-corrected chi connectivity index (χ0v) is 21.8. The van der Waals surface area contributed by atoms with Crippen LogP contribution in [-0.2, 0) is 7.59 Å². The Bertz CT molecular complexity index is 1390. The first kappa shape index (κ1) is 23.9. The predicted molar refractivity (Wildman–Crippen MR) is 146 cm³/mol. The van der Waals surface area contributed by atoms with Gasteiger partial charge in [0.2, 0.25) is 7.59 Å². The largest absolute Gasteiger partial charge is 0.246 e. The highest BCUT2D eigenvalue weighted by atomic mass is 35.6. The summed E-state index contributed by atoms with van der Waals surface area (Å²) < 4.78 is -3.48. The Balaban J connectivity index is 1.95. The van der Waals surface area contributed by atoms with Gasteiger partial charge in [-0.2, -0.15) is 0 Å². The van der Waals surface area contributed by atoms with Gasteiger partial charge in [0, 0.05) is 10.8 Å². The molecule has 0 aliphatic rings. The van der Waals surface area contributed by atoms with Crippen molar-refractivity contribution in [2.24, 2.45) is 0 Å². The van der Waals surface area contributed by atoms with Gasteiger partial charge in [0.1, 0.15) is 0 Å². The first-order valence-electron chi connectivity index (χ1n) is 10.2. The Hall–Kier alpha value is -1.78. The van der Waals surface area contributed by atoms with Gasteiger partial charge in [-0.25, -0.2) is 9.97 Å². The van der Waals surface area contributed by atoms with Gasteiger partial charge < -0.3 is 0 Å². The number of alkyl halides is 6. The molecule has 3 aromatic carbocycles. The maximum atomic E-state index is 6.29. The van der Waals surface area contributed by atoms with Crippen LogP contribution in [0.3, 0.4) is 0 Å². The quantitative estimate of drug-likeness (QED) is 0.157. The number of fused-ring (bicyclic) bond motifs is 3. The Kier molecular flexibility index (Phi) is 6.35. The lowest BCUT2D eigenvalue weighted by Gasteiger charge is -2.18. The minimum Gasteiger partial charge on any atom is -0.246 e. The third-order valence-electron chi connectivity index (χ3n) is 5.51. The molecule has 2 aromatic heterocycles. The topological polar surface area (TPSA) is 25.8 Å². The second-order valence-electron chi connectivity index (χ2n) is 7.70. The van der Waals surface area contributed by atoms with Crippen LogP contribution < -0.4 is 0 Å². The van der Waals surface area contributed by atoms with Crippen LogP contribution >= 0.6 is 69.6 Å². The molecule has 0 saturated heterocycles. The van der Waals surface area contributed by atoms with Crippen molar-refractivity contribution in [3.05, 3.63) is 96.3 Å². The maximum absolute atomic E-state index is 6.29. The summed E-state index contributed by atoms with van der Waals surface area (Å²) in [6.07, 6.45) is 0. The molecule has 0 unspecified atom stereocenters. The van der Waals surface area contributed by atoms with Crippen LogP contribution in [0.25, 0.3) is 44.1 Å². The second-order valence-corrected chi connectivity index (χ2v) is 12.3. The molecule has 170 valence electrons. The van der Waals surface area contributed by atoms with E-state index in [9.17, 15) is 0 Å². The van der Waals surface area contributed by atoms with E-state index in [0.717, 1.165) is 33.0 Å². The minimum atomic E-state index is -1.74. The number of benzene rings is 3. The lowest BCUT2D eigenvalue weighted by molar-refractivity contribution is 1.10. The average molecular weight is 567 g/mol. The van der Waals surface area contributed by atoms with E-state index in [2.05, 4.69) is 0 Å². The summed E-state index contributed by atoms with van der Waals surface area (Å²) in [5.41, 5.74) is 5.27. The molecule has 2 nitrogen and oxygen atoms in total. The summed E-state index contributed by atoms with van der Waals surface area (Å²) in [7, 11) is 0. The van der Waals surface area contributed by atoms with E-state index in [1.807, 2.05) is 72.8 Å². The van der Waals surface area contributed by atoms with Crippen LogP contribution in [0.2, 0.25) is 0 Å². The Morgan fingerprint density at radius 1 is 0.471 bits per heavy atom. The highest BCUT2D eigenvalue weighted by Gasteiger charge is 2.29. The van der Waals surface area contributed by atoms with Crippen molar-refractivity contribution in [2.45, 2.75) is 7.59 Å². The lowest BCUT2D eigenvalue weighted by Crippen LogP contribution is -2.07. The fourth-order valence-corrected chi connectivity index (χ4v) is 4.56. The van der Waals surface area contributed by atoms with Crippen LogP contribution in [0.15, 0.2) is 84.9 Å². The summed E-state index contributed by atoms with van der Waals surface area (Å²) in [6, 6.07) is 27.2. The molecule has 0 spiro atoms. The van der Waals surface area contributed by atoms with Gasteiger partial charge in [0.25, 0.3) is 0 Å². The fraction of sp³-hybridized carbons (Fsp3) is 0.0769. The molecule has 0 N–H and O–H groups in total. The monoisotopic (exact) mass is 564 g/mol. The van der Waals surface area contributed by atoms with E-state index in [-0.39, 0.29) is 11.4 Å². The normalized spacial score (nSPS) is 12.4. The number of rotatable bonds is 2. The second kappa shape index (κ2) is 9.02. The molecule has 0 bridgehead atoms. The van der Waals surface area contributed by atoms with E-state index >= 15 is 0 Å². The van der Waals surface area contributed by atoms with Crippen LogP contribution in [-0.4, -0.2) is 9.97 Å². The number of hydrogen-bond acceptors (Lipinski definition) is 2. The average Bonchev–Trinajstić information content (AvgIpc) is 2.82. The molecule has 0 amide bonds. The van der Waals surface area contributed by atoms with Crippen molar-refractivity contribution in [2.75, 3.05) is 0 Å². The third-order valence-corrected chi connectivity index (χ3v) is 6.67. The molecule has 2 heterocycles. The van der Waals surface area contributed by atoms with Crippen molar-refractivity contribution in [1.82, 2.24) is 9.97 Å². The molecule has 5 aromatic rings. The van der Waals surface area contributed by atoms with Crippen LogP contribution in [0, 0.1) is 0 Å². The fourth-order valence-electron chi connectivity index (χ4n) is 3.98. The summed E-state index contributed by atoms with van der Waals surface area (Å²) in [4.78, 5) is 9.46. The van der Waals surface area contributed by atoms with Crippen LogP contribution in [0.4, 0.5) is 0 Å². The zero-order chi connectivity index (χ0) is 24.1. The minimum absolute atomic E-state index is 0.277. The molecule has 0 saturated carbocycles. The molecule has 0 aliphatic heterocycles. The predicted octanol–water partition coefficient (Wildman–Crippen LogP) is 9.77. The molecule has 8 heteroatoms. The SMILES string of the molecule is ClC(Cl)(Cl)c1cc(-c2ccccc2)c2ccc3c(-c4ccccc4)cc(C(Cl)(Cl)Cl)nc3c2n1. The smallest absolute Gasteiger partial charge is 0.232 e. The Labute approximate surface area is 226 Å². The number of pyridine rings is 2. The molecular weight excluding hydrogens is 553 g/mol. The standard InChI is InChI=1S/C26H14Cl6N2/c27-25(28,29)21-13-19(15-7-3-1-4-8-15)17-11-12-18-20(16-9-5-2-6-10-16)14-22(26(30,31)32)34-24(18)23(17)33-21/h1-14H. The first-order chi connectivity index (χ1) is 16.1. The van der Waals surface area contributed by atoms with Gasteiger partial charge in [0.05, 0.1) is 22.4 Å². The highest BCUT2D eigenvalue weighted by molar-refractivity contribution is 6.67. The summed E-state index contributed by atoms with van der Waals surface area (Å²) >= 11 is 37.7. The maximum Gasteiger partial charge on any atom is 0.232 e. The van der Waals surface area contributed by atoms with Gasteiger partial charge in [-0.15, -0.1) is 0 Å². The van der Waals surface area contributed by atoms with E-state index in [1.54, 1.807) is 12.1 Å². The molecular formula is C26H14Cl6N2. The van der Waals surface area contributed by atoms with E-state index < -0.39 is 7.59 Å². The first-order valence-corrected chi connectivity index (χ1v) is 12.4. The lowest BCUT2D eigenvalue weighted by atomic mass is 9.95. The zero-order valence-electron chi connectivity index (χ0n) is 17.2. The van der Waals surface area contributed by atoms with Crippen molar-refractivity contribution in [1.29, 1.82) is 0 Å². The summed E-state index contributed by atoms with van der Waals surface area (Å²) in [5, 5.41) is 1.68. The molecule has 0 fully saturated rings. The molecule has 34 heavy (non-hydrogen) atoms. The van der Waals surface area contributed by atoms with Crippen molar-refractivity contribution < 1.29 is 0 Å². The van der Waals surface area contributed by atoms with E-state index in [4.69, 9.17) is 79.6 Å². The van der Waals surface area contributed by atoms with Crippen molar-refractivity contribution in [3.8, 4) is 22.3 Å².